The average Bonchev–Trinajstić information content (AvgIpc) is 3.34. The van der Waals surface area contributed by atoms with E-state index in [1.807, 2.05) is 12.1 Å². The van der Waals surface area contributed by atoms with Gasteiger partial charge in [0, 0.05) is 11.1 Å². The number of halogens is 3. The lowest BCUT2D eigenvalue weighted by atomic mass is 9.94. The molecule has 36 heavy (non-hydrogen) atoms. The number of aromatic nitrogens is 2. The van der Waals surface area contributed by atoms with Gasteiger partial charge in [0.1, 0.15) is 6.04 Å². The summed E-state index contributed by atoms with van der Waals surface area (Å²) in [6.07, 6.45) is -3.94. The Morgan fingerprint density at radius 2 is 1.72 bits per heavy atom. The van der Waals surface area contributed by atoms with Gasteiger partial charge in [-0.05, 0) is 61.2 Å². The Bertz CT molecular complexity index is 1360. The zero-order valence-electron chi connectivity index (χ0n) is 19.6. The molecule has 1 aromatic heterocycles. The van der Waals surface area contributed by atoms with Crippen LogP contribution in [0.25, 0.3) is 34.0 Å². The van der Waals surface area contributed by atoms with Gasteiger partial charge >= 0.3 is 12.1 Å². The monoisotopic (exact) mass is 495 g/mol. The summed E-state index contributed by atoms with van der Waals surface area (Å²) >= 11 is 0. The summed E-state index contributed by atoms with van der Waals surface area (Å²) in [5.74, 6) is -0.668. The van der Waals surface area contributed by atoms with E-state index in [1.165, 1.54) is 6.07 Å². The molecule has 0 aliphatic heterocycles. The zero-order chi connectivity index (χ0) is 25.9. The molecule has 0 saturated carbocycles. The minimum absolute atomic E-state index is 0.0113. The van der Waals surface area contributed by atoms with E-state index in [0.29, 0.717) is 24.1 Å². The third-order valence-electron chi connectivity index (χ3n) is 5.88. The molecule has 1 heterocycles. The number of nitrogens with zero attached hydrogens (tertiary/aromatic N) is 2. The highest BCUT2D eigenvalue weighted by atomic mass is 19.4. The molecule has 0 fully saturated rings. The maximum absolute atomic E-state index is 13.9. The predicted molar refractivity (Wildman–Crippen MR) is 129 cm³/mol. The van der Waals surface area contributed by atoms with E-state index in [1.54, 1.807) is 56.3 Å². The molecule has 4 rings (SSSR count). The quantitative estimate of drug-likeness (QED) is 0.312. The van der Waals surface area contributed by atoms with E-state index in [2.05, 4.69) is 15.5 Å². The number of alkyl halides is 3. The van der Waals surface area contributed by atoms with Crippen molar-refractivity contribution in [3.8, 4) is 34.0 Å². The zero-order valence-corrected chi connectivity index (χ0v) is 19.6. The summed E-state index contributed by atoms with van der Waals surface area (Å²) in [6.45, 7) is 3.85. The summed E-state index contributed by atoms with van der Waals surface area (Å²) in [6, 6.07) is 17.6. The van der Waals surface area contributed by atoms with Crippen molar-refractivity contribution in [3.63, 3.8) is 0 Å². The summed E-state index contributed by atoms with van der Waals surface area (Å²) < 4.78 is 47.1. The minimum atomic E-state index is -4.57. The number of nitrogens with one attached hydrogen (secondary N) is 1. The second kappa shape index (κ2) is 10.3. The molecule has 0 aliphatic rings. The van der Waals surface area contributed by atoms with Crippen LogP contribution in [-0.4, -0.2) is 33.8 Å². The second-order valence-electron chi connectivity index (χ2n) is 8.46. The fraction of sp³-hybridized carbons (Fsp3) is 0.222. The largest absolute Gasteiger partial charge is 0.480 e. The number of carboxylic acid groups (broad SMARTS) is 1. The van der Waals surface area contributed by atoms with Crippen LogP contribution in [0.2, 0.25) is 0 Å². The number of carbonyl (C=O) groups is 1. The Morgan fingerprint density at radius 3 is 2.39 bits per heavy atom. The molecule has 1 atom stereocenters. The highest BCUT2D eigenvalue weighted by molar-refractivity contribution is 5.75. The molecule has 0 saturated heterocycles. The number of benzene rings is 3. The third-order valence-corrected chi connectivity index (χ3v) is 5.88. The van der Waals surface area contributed by atoms with E-state index in [-0.39, 0.29) is 22.8 Å². The predicted octanol–water partition coefficient (Wildman–Crippen LogP) is 6.00. The Hall–Kier alpha value is -3.98. The molecule has 4 aromatic rings. The summed E-state index contributed by atoms with van der Waals surface area (Å²) in [4.78, 5) is 15.2. The number of carboxylic acids is 1. The van der Waals surface area contributed by atoms with Crippen molar-refractivity contribution >= 4 is 5.97 Å². The van der Waals surface area contributed by atoms with Gasteiger partial charge < -0.3 is 14.9 Å². The van der Waals surface area contributed by atoms with Gasteiger partial charge in [-0.25, -0.2) is 0 Å². The lowest BCUT2D eigenvalue weighted by Gasteiger charge is -2.15. The van der Waals surface area contributed by atoms with Crippen LogP contribution in [0, 0.1) is 6.92 Å². The number of aryl methyl sites for hydroxylation is 1. The van der Waals surface area contributed by atoms with Crippen LogP contribution >= 0.6 is 0 Å². The summed E-state index contributed by atoms with van der Waals surface area (Å²) in [5, 5.41) is 15.8. The number of hydrogen-bond acceptors (Lipinski definition) is 5. The fourth-order valence-corrected chi connectivity index (χ4v) is 3.82. The number of rotatable bonds is 8. The van der Waals surface area contributed by atoms with Crippen molar-refractivity contribution in [2.75, 3.05) is 6.54 Å². The Kier molecular flexibility index (Phi) is 7.21. The van der Waals surface area contributed by atoms with E-state index >= 15 is 0 Å². The van der Waals surface area contributed by atoms with Gasteiger partial charge in [-0.1, -0.05) is 59.8 Å². The van der Waals surface area contributed by atoms with Crippen molar-refractivity contribution in [2.24, 2.45) is 0 Å². The van der Waals surface area contributed by atoms with E-state index in [0.717, 1.165) is 17.2 Å². The van der Waals surface area contributed by atoms with Gasteiger partial charge in [-0.15, -0.1) is 0 Å². The first-order valence-corrected chi connectivity index (χ1v) is 11.3. The topological polar surface area (TPSA) is 88.2 Å². The lowest BCUT2D eigenvalue weighted by Crippen LogP contribution is -2.34. The van der Waals surface area contributed by atoms with Gasteiger partial charge in [0.05, 0.1) is 5.56 Å². The van der Waals surface area contributed by atoms with Crippen molar-refractivity contribution < 1.29 is 27.6 Å². The third kappa shape index (κ3) is 5.63. The second-order valence-corrected chi connectivity index (χ2v) is 8.46. The molecule has 0 unspecified atom stereocenters. The molecule has 6 nitrogen and oxygen atoms in total. The molecule has 0 radical (unpaired) electrons. The van der Waals surface area contributed by atoms with Gasteiger partial charge in [-0.2, -0.15) is 18.2 Å². The van der Waals surface area contributed by atoms with Crippen LogP contribution in [-0.2, 0) is 17.4 Å². The maximum Gasteiger partial charge on any atom is 0.417 e. The van der Waals surface area contributed by atoms with Crippen molar-refractivity contribution in [2.45, 2.75) is 32.5 Å². The van der Waals surface area contributed by atoms with E-state index in [9.17, 15) is 18.0 Å². The average molecular weight is 496 g/mol. The van der Waals surface area contributed by atoms with E-state index in [4.69, 9.17) is 9.63 Å². The first-order chi connectivity index (χ1) is 17.1. The molecule has 186 valence electrons. The van der Waals surface area contributed by atoms with Crippen LogP contribution in [0.3, 0.4) is 0 Å². The van der Waals surface area contributed by atoms with Gasteiger partial charge in [0.25, 0.3) is 5.89 Å². The molecule has 0 amide bonds. The van der Waals surface area contributed by atoms with Crippen LogP contribution in [0.1, 0.15) is 23.6 Å². The Labute approximate surface area is 205 Å². The lowest BCUT2D eigenvalue weighted by molar-refractivity contribution is -0.139. The Balaban J connectivity index is 1.55. The molecular formula is C27H24F3N3O3. The van der Waals surface area contributed by atoms with Gasteiger partial charge in [-0.3, -0.25) is 4.79 Å². The first-order valence-electron chi connectivity index (χ1n) is 11.3. The molecule has 9 heteroatoms. The van der Waals surface area contributed by atoms with Gasteiger partial charge in [0.15, 0.2) is 0 Å². The van der Waals surface area contributed by atoms with Gasteiger partial charge in [0.2, 0.25) is 5.82 Å². The number of hydrogen-bond donors (Lipinski definition) is 2. The summed E-state index contributed by atoms with van der Waals surface area (Å²) in [7, 11) is 0. The first kappa shape index (κ1) is 25.1. The highest BCUT2D eigenvalue weighted by Crippen LogP contribution is 2.40. The fourth-order valence-electron chi connectivity index (χ4n) is 3.82. The van der Waals surface area contributed by atoms with Crippen LogP contribution in [0.4, 0.5) is 13.2 Å². The van der Waals surface area contributed by atoms with Crippen LogP contribution in [0.15, 0.2) is 71.3 Å². The minimum Gasteiger partial charge on any atom is -0.480 e. The van der Waals surface area contributed by atoms with E-state index < -0.39 is 23.8 Å². The van der Waals surface area contributed by atoms with Crippen molar-refractivity contribution in [1.82, 2.24) is 15.5 Å². The highest BCUT2D eigenvalue weighted by Gasteiger charge is 2.34. The van der Waals surface area contributed by atoms with Crippen molar-refractivity contribution in [1.29, 1.82) is 0 Å². The maximum atomic E-state index is 13.9. The normalized spacial score (nSPS) is 12.5. The molecule has 0 bridgehead atoms. The standard InChI is InChI=1S/C27H24F3N3O3/c1-16-5-3-4-6-21(16)22-12-11-20(15-23(22)27(28,29)30)25-32-24(33-36-25)19-9-7-18(8-10-19)13-14-31-17(2)26(34)35/h3-12,15,17,31H,13-14H2,1-2H3,(H,34,35)/t17-/m1/s1. The van der Waals surface area contributed by atoms with Crippen LogP contribution in [0.5, 0.6) is 0 Å². The van der Waals surface area contributed by atoms with Crippen molar-refractivity contribution in [3.05, 3.63) is 83.4 Å². The molecule has 2 N–H and O–H groups in total. The molecule has 0 aliphatic carbocycles. The molecule has 3 aromatic carbocycles. The SMILES string of the molecule is Cc1ccccc1-c1ccc(-c2nc(-c3ccc(CCN[C@H](C)C(=O)O)cc3)no2)cc1C(F)(F)F. The molecular weight excluding hydrogens is 471 g/mol. The smallest absolute Gasteiger partial charge is 0.417 e. The van der Waals surface area contributed by atoms with Crippen LogP contribution < -0.4 is 5.32 Å². The number of aliphatic carboxylic acids is 1. The molecule has 0 spiro atoms. The Morgan fingerprint density at radius 1 is 1.03 bits per heavy atom. The summed E-state index contributed by atoms with van der Waals surface area (Å²) in [5.41, 5.74) is 2.37.